The SMILES string of the molecule is C[C@@H](OC(=O)c1ccc(Cl)c(S(=O)(=O)N2CCC(Cc3ccccc3)CC2)c1)C(N)=O. The smallest absolute Gasteiger partial charge is 0.338 e. The van der Waals surface area contributed by atoms with Crippen LogP contribution in [0.1, 0.15) is 35.7 Å². The maximum Gasteiger partial charge on any atom is 0.338 e. The number of nitrogens with two attached hydrogens (primary N) is 1. The number of hydrogen-bond acceptors (Lipinski definition) is 5. The monoisotopic (exact) mass is 464 g/mol. The van der Waals surface area contributed by atoms with Gasteiger partial charge in [-0.05, 0) is 55.9 Å². The summed E-state index contributed by atoms with van der Waals surface area (Å²) < 4.78 is 32.7. The van der Waals surface area contributed by atoms with Gasteiger partial charge >= 0.3 is 5.97 Å². The van der Waals surface area contributed by atoms with Crippen LogP contribution in [0.5, 0.6) is 0 Å². The molecular formula is C22H25ClN2O5S. The lowest BCUT2D eigenvalue weighted by atomic mass is 9.91. The van der Waals surface area contributed by atoms with E-state index in [0.717, 1.165) is 19.3 Å². The maximum absolute atomic E-state index is 13.2. The number of ether oxygens (including phenoxy) is 1. The van der Waals surface area contributed by atoms with E-state index in [-0.39, 0.29) is 15.5 Å². The third-order valence-electron chi connectivity index (χ3n) is 5.41. The van der Waals surface area contributed by atoms with Crippen LogP contribution in [0.4, 0.5) is 0 Å². The van der Waals surface area contributed by atoms with Gasteiger partial charge in [-0.15, -0.1) is 0 Å². The first kappa shape index (κ1) is 23.2. The lowest BCUT2D eigenvalue weighted by Crippen LogP contribution is -2.39. The van der Waals surface area contributed by atoms with Crippen LogP contribution in [0.3, 0.4) is 0 Å². The molecule has 1 atom stereocenters. The Morgan fingerprint density at radius 1 is 1.16 bits per heavy atom. The van der Waals surface area contributed by atoms with Gasteiger partial charge in [-0.1, -0.05) is 41.9 Å². The highest BCUT2D eigenvalue weighted by atomic mass is 35.5. The molecule has 0 aromatic heterocycles. The molecule has 0 unspecified atom stereocenters. The minimum Gasteiger partial charge on any atom is -0.449 e. The third-order valence-corrected chi connectivity index (χ3v) is 7.79. The van der Waals surface area contributed by atoms with Crippen molar-refractivity contribution in [1.29, 1.82) is 0 Å². The van der Waals surface area contributed by atoms with E-state index >= 15 is 0 Å². The largest absolute Gasteiger partial charge is 0.449 e. The second-order valence-electron chi connectivity index (χ2n) is 7.63. The number of carbonyl (C=O) groups is 2. The number of esters is 1. The molecule has 2 aromatic carbocycles. The van der Waals surface area contributed by atoms with Crippen LogP contribution in [0.2, 0.25) is 5.02 Å². The van der Waals surface area contributed by atoms with Crippen LogP contribution in [-0.4, -0.2) is 43.8 Å². The molecule has 1 aliphatic rings. The fraction of sp³-hybridized carbons (Fsp3) is 0.364. The minimum atomic E-state index is -3.89. The molecule has 0 spiro atoms. The van der Waals surface area contributed by atoms with E-state index in [2.05, 4.69) is 12.1 Å². The molecule has 1 heterocycles. The van der Waals surface area contributed by atoms with Crippen molar-refractivity contribution >= 4 is 33.5 Å². The van der Waals surface area contributed by atoms with Crippen molar-refractivity contribution in [2.45, 2.75) is 37.2 Å². The molecule has 0 bridgehead atoms. The van der Waals surface area contributed by atoms with Gasteiger partial charge in [-0.25, -0.2) is 13.2 Å². The molecule has 31 heavy (non-hydrogen) atoms. The standard InChI is InChI=1S/C22H25ClN2O5S/c1-15(21(24)26)30-22(27)18-7-8-19(23)20(14-18)31(28,29)25-11-9-17(10-12-25)13-16-5-3-2-4-6-16/h2-8,14-15,17H,9-13H2,1H3,(H2,24,26)/t15-/m1/s1. The van der Waals surface area contributed by atoms with Crippen molar-refractivity contribution in [2.24, 2.45) is 11.7 Å². The Hall–Kier alpha value is -2.42. The molecule has 2 aromatic rings. The van der Waals surface area contributed by atoms with Crippen LogP contribution in [0.15, 0.2) is 53.4 Å². The number of benzene rings is 2. The molecule has 0 saturated carbocycles. The first-order valence-corrected chi connectivity index (χ1v) is 11.8. The Morgan fingerprint density at radius 3 is 2.42 bits per heavy atom. The summed E-state index contributed by atoms with van der Waals surface area (Å²) in [5.74, 6) is -1.24. The average molecular weight is 465 g/mol. The number of hydrogen-bond donors (Lipinski definition) is 1. The van der Waals surface area contributed by atoms with Crippen molar-refractivity contribution in [2.75, 3.05) is 13.1 Å². The summed E-state index contributed by atoms with van der Waals surface area (Å²) in [5.41, 5.74) is 6.32. The summed E-state index contributed by atoms with van der Waals surface area (Å²) in [4.78, 5) is 23.2. The molecule has 7 nitrogen and oxygen atoms in total. The zero-order valence-corrected chi connectivity index (χ0v) is 18.7. The number of rotatable bonds is 7. The minimum absolute atomic E-state index is 0.0185. The van der Waals surface area contributed by atoms with E-state index in [1.54, 1.807) is 0 Å². The van der Waals surface area contributed by atoms with Crippen molar-refractivity contribution < 1.29 is 22.7 Å². The van der Waals surface area contributed by atoms with Crippen LogP contribution in [0.25, 0.3) is 0 Å². The Balaban J connectivity index is 1.71. The first-order chi connectivity index (χ1) is 14.7. The van der Waals surface area contributed by atoms with Crippen molar-refractivity contribution in [3.63, 3.8) is 0 Å². The number of sulfonamides is 1. The lowest BCUT2D eigenvalue weighted by Gasteiger charge is -2.31. The Labute approximate surface area is 187 Å². The number of carbonyl (C=O) groups excluding carboxylic acids is 2. The zero-order chi connectivity index (χ0) is 22.6. The number of piperidine rings is 1. The van der Waals surface area contributed by atoms with Gasteiger partial charge < -0.3 is 10.5 Å². The van der Waals surface area contributed by atoms with Gasteiger partial charge in [0.2, 0.25) is 10.0 Å². The van der Waals surface area contributed by atoms with Crippen molar-refractivity contribution in [3.8, 4) is 0 Å². The van der Waals surface area contributed by atoms with Crippen LogP contribution >= 0.6 is 11.6 Å². The molecular weight excluding hydrogens is 440 g/mol. The van der Waals surface area contributed by atoms with Gasteiger partial charge in [0.1, 0.15) is 4.90 Å². The fourth-order valence-electron chi connectivity index (χ4n) is 3.55. The van der Waals surface area contributed by atoms with E-state index in [4.69, 9.17) is 22.1 Å². The zero-order valence-electron chi connectivity index (χ0n) is 17.2. The average Bonchev–Trinajstić information content (AvgIpc) is 2.75. The van der Waals surface area contributed by atoms with E-state index < -0.39 is 28.0 Å². The quantitative estimate of drug-likeness (QED) is 0.634. The molecule has 166 valence electrons. The second-order valence-corrected chi connectivity index (χ2v) is 9.95. The Bertz CT molecular complexity index is 1050. The third kappa shape index (κ3) is 5.64. The van der Waals surface area contributed by atoms with Gasteiger partial charge in [-0.2, -0.15) is 4.31 Å². The number of amides is 1. The van der Waals surface area contributed by atoms with E-state index in [9.17, 15) is 18.0 Å². The molecule has 1 amide bonds. The number of halogens is 1. The van der Waals surface area contributed by atoms with Crippen LogP contribution < -0.4 is 5.73 Å². The molecule has 0 aliphatic carbocycles. The van der Waals surface area contributed by atoms with Crippen molar-refractivity contribution in [1.82, 2.24) is 4.31 Å². The highest BCUT2D eigenvalue weighted by Gasteiger charge is 2.32. The van der Waals surface area contributed by atoms with Gasteiger partial charge in [-0.3, -0.25) is 4.79 Å². The summed E-state index contributed by atoms with van der Waals surface area (Å²) in [6, 6.07) is 14.0. The van der Waals surface area contributed by atoms with Gasteiger partial charge in [0, 0.05) is 13.1 Å². The highest BCUT2D eigenvalue weighted by Crippen LogP contribution is 2.30. The van der Waals surface area contributed by atoms with Gasteiger partial charge in [0.25, 0.3) is 5.91 Å². The fourth-order valence-corrected chi connectivity index (χ4v) is 5.53. The summed E-state index contributed by atoms with van der Waals surface area (Å²) in [7, 11) is -3.89. The predicted octanol–water partition coefficient (Wildman–Crippen LogP) is 3.01. The number of nitrogens with zero attached hydrogens (tertiary/aromatic N) is 1. The van der Waals surface area contributed by atoms with Crippen molar-refractivity contribution in [3.05, 3.63) is 64.7 Å². The van der Waals surface area contributed by atoms with E-state index in [1.165, 1.54) is 35.0 Å². The number of primary amides is 1. The summed E-state index contributed by atoms with van der Waals surface area (Å²) >= 11 is 6.16. The summed E-state index contributed by atoms with van der Waals surface area (Å²) in [5, 5.41) is 0.0194. The van der Waals surface area contributed by atoms with Gasteiger partial charge in [0.15, 0.2) is 6.10 Å². The lowest BCUT2D eigenvalue weighted by molar-refractivity contribution is -0.125. The summed E-state index contributed by atoms with van der Waals surface area (Å²) in [6.45, 7) is 2.10. The first-order valence-electron chi connectivity index (χ1n) is 10.0. The molecule has 1 aliphatic heterocycles. The molecule has 9 heteroatoms. The molecule has 1 fully saturated rings. The van der Waals surface area contributed by atoms with E-state index in [0.29, 0.717) is 19.0 Å². The highest BCUT2D eigenvalue weighted by molar-refractivity contribution is 7.89. The van der Waals surface area contributed by atoms with Crippen LogP contribution in [-0.2, 0) is 26.0 Å². The Morgan fingerprint density at radius 2 is 1.81 bits per heavy atom. The Kier molecular flexibility index (Phi) is 7.35. The molecule has 2 N–H and O–H groups in total. The summed E-state index contributed by atoms with van der Waals surface area (Å²) in [6.07, 6.45) is 1.26. The second kappa shape index (κ2) is 9.80. The normalized spacial score (nSPS) is 16.6. The molecule has 3 rings (SSSR count). The van der Waals surface area contributed by atoms with Gasteiger partial charge in [0.05, 0.1) is 10.6 Å². The molecule has 0 radical (unpaired) electrons. The van der Waals surface area contributed by atoms with E-state index in [1.807, 2.05) is 18.2 Å². The maximum atomic E-state index is 13.2. The van der Waals surface area contributed by atoms with Crippen LogP contribution in [0, 0.1) is 5.92 Å². The topological polar surface area (TPSA) is 107 Å². The molecule has 1 saturated heterocycles. The predicted molar refractivity (Wildman–Crippen MR) is 117 cm³/mol.